The van der Waals surface area contributed by atoms with E-state index < -0.39 is 5.97 Å². The van der Waals surface area contributed by atoms with Gasteiger partial charge in [0.15, 0.2) is 5.57 Å². The lowest BCUT2D eigenvalue weighted by Gasteiger charge is -2.29. The van der Waals surface area contributed by atoms with Crippen LogP contribution in [0.5, 0.6) is 0 Å². The number of nitriles is 1. The minimum atomic E-state index is -0.547. The van der Waals surface area contributed by atoms with Crippen molar-refractivity contribution in [2.45, 2.75) is 13.8 Å². The lowest BCUT2D eigenvalue weighted by atomic mass is 10.2. The van der Waals surface area contributed by atoms with Crippen LogP contribution < -0.4 is 0 Å². The summed E-state index contributed by atoms with van der Waals surface area (Å²) in [7, 11) is 0. The Kier molecular flexibility index (Phi) is 4.80. The monoisotopic (exact) mass is 224 g/mol. The molecule has 0 saturated carbocycles. The normalized spacial score (nSPS) is 17.4. The number of hydrogen-bond donors (Lipinski definition) is 0. The van der Waals surface area contributed by atoms with E-state index in [0.29, 0.717) is 32.0 Å². The van der Waals surface area contributed by atoms with Crippen molar-refractivity contribution >= 4 is 5.97 Å². The molecule has 0 spiro atoms. The maximum Gasteiger partial charge on any atom is 0.350 e. The van der Waals surface area contributed by atoms with Gasteiger partial charge >= 0.3 is 5.97 Å². The Morgan fingerprint density at radius 3 is 2.62 bits per heavy atom. The quantitative estimate of drug-likeness (QED) is 0.401. The average molecular weight is 224 g/mol. The fraction of sp³-hybridized carbons (Fsp3) is 0.636. The van der Waals surface area contributed by atoms with Gasteiger partial charge in [-0.05, 0) is 13.8 Å². The molecule has 1 heterocycles. The molecule has 0 aliphatic carbocycles. The summed E-state index contributed by atoms with van der Waals surface area (Å²) in [6.07, 6.45) is 0. The van der Waals surface area contributed by atoms with Gasteiger partial charge in [0.1, 0.15) is 6.07 Å². The first kappa shape index (κ1) is 12.5. The van der Waals surface area contributed by atoms with Gasteiger partial charge in [0, 0.05) is 18.8 Å². The first-order valence-electron chi connectivity index (χ1n) is 5.31. The molecule has 5 heteroatoms. The van der Waals surface area contributed by atoms with Crippen molar-refractivity contribution in [2.24, 2.45) is 0 Å². The lowest BCUT2D eigenvalue weighted by Crippen LogP contribution is -2.36. The summed E-state index contributed by atoms with van der Waals surface area (Å²) in [6.45, 7) is 6.42. The van der Waals surface area contributed by atoms with E-state index in [0.717, 1.165) is 0 Å². The van der Waals surface area contributed by atoms with Crippen LogP contribution >= 0.6 is 0 Å². The second-order valence-corrected chi connectivity index (χ2v) is 3.39. The zero-order chi connectivity index (χ0) is 12.0. The molecule has 0 aromatic rings. The molecule has 0 aromatic heterocycles. The predicted octanol–water partition coefficient (Wildman–Crippen LogP) is 0.679. The molecule has 0 atom stereocenters. The van der Waals surface area contributed by atoms with Crippen molar-refractivity contribution in [3.8, 4) is 6.07 Å². The van der Waals surface area contributed by atoms with Crippen molar-refractivity contribution < 1.29 is 14.3 Å². The molecule has 1 aliphatic heterocycles. The van der Waals surface area contributed by atoms with Gasteiger partial charge in [-0.3, -0.25) is 0 Å². The van der Waals surface area contributed by atoms with Crippen molar-refractivity contribution in [3.63, 3.8) is 0 Å². The standard InChI is InChI=1S/C11H16N2O3/c1-3-16-11(14)10(8-12)9(2)13-4-6-15-7-5-13/h3-7H2,1-2H3/b10-9-. The molecule has 16 heavy (non-hydrogen) atoms. The van der Waals surface area contributed by atoms with Gasteiger partial charge in [-0.2, -0.15) is 5.26 Å². The highest BCUT2D eigenvalue weighted by Crippen LogP contribution is 2.13. The Labute approximate surface area is 95.2 Å². The van der Waals surface area contributed by atoms with Crippen LogP contribution in [0.1, 0.15) is 13.8 Å². The van der Waals surface area contributed by atoms with Gasteiger partial charge in [-0.25, -0.2) is 4.79 Å². The molecule has 0 radical (unpaired) electrons. The summed E-state index contributed by atoms with van der Waals surface area (Å²) in [5.74, 6) is -0.547. The summed E-state index contributed by atoms with van der Waals surface area (Å²) >= 11 is 0. The van der Waals surface area contributed by atoms with Gasteiger partial charge < -0.3 is 14.4 Å². The molecular formula is C11H16N2O3. The van der Waals surface area contributed by atoms with Crippen LogP contribution in [0.4, 0.5) is 0 Å². The second-order valence-electron chi connectivity index (χ2n) is 3.39. The van der Waals surface area contributed by atoms with Gasteiger partial charge in [0.25, 0.3) is 0 Å². The van der Waals surface area contributed by atoms with Gasteiger partial charge in [-0.1, -0.05) is 0 Å². The fourth-order valence-corrected chi connectivity index (χ4v) is 1.53. The molecule has 0 amide bonds. The van der Waals surface area contributed by atoms with Gasteiger partial charge in [-0.15, -0.1) is 0 Å². The number of rotatable bonds is 3. The summed E-state index contributed by atoms with van der Waals surface area (Å²) < 4.78 is 10.0. The van der Waals surface area contributed by atoms with E-state index in [1.54, 1.807) is 13.8 Å². The van der Waals surface area contributed by atoms with E-state index >= 15 is 0 Å². The minimum absolute atomic E-state index is 0.0868. The number of allylic oxidation sites excluding steroid dienone is 1. The fourth-order valence-electron chi connectivity index (χ4n) is 1.53. The van der Waals surface area contributed by atoms with Crippen molar-refractivity contribution in [3.05, 3.63) is 11.3 Å². The Bertz CT molecular complexity index is 325. The summed E-state index contributed by atoms with van der Waals surface area (Å²) in [5.41, 5.74) is 0.757. The predicted molar refractivity (Wildman–Crippen MR) is 57.3 cm³/mol. The minimum Gasteiger partial charge on any atom is -0.462 e. The van der Waals surface area contributed by atoms with Crippen LogP contribution in [0.2, 0.25) is 0 Å². The molecule has 1 aliphatic rings. The first-order valence-corrected chi connectivity index (χ1v) is 5.31. The number of ether oxygens (including phenoxy) is 2. The molecule has 5 nitrogen and oxygen atoms in total. The second kappa shape index (κ2) is 6.13. The molecule has 88 valence electrons. The Morgan fingerprint density at radius 1 is 1.50 bits per heavy atom. The third-order valence-electron chi connectivity index (χ3n) is 2.44. The molecule has 1 fully saturated rings. The Morgan fingerprint density at radius 2 is 2.12 bits per heavy atom. The van der Waals surface area contributed by atoms with E-state index in [-0.39, 0.29) is 12.2 Å². The van der Waals surface area contributed by atoms with Crippen molar-refractivity contribution in [2.75, 3.05) is 32.9 Å². The third kappa shape index (κ3) is 2.97. The summed E-state index contributed by atoms with van der Waals surface area (Å²) in [6, 6.07) is 1.91. The number of esters is 1. The lowest BCUT2D eigenvalue weighted by molar-refractivity contribution is -0.138. The Balaban J connectivity index is 2.81. The first-order chi connectivity index (χ1) is 7.70. The summed E-state index contributed by atoms with van der Waals surface area (Å²) in [4.78, 5) is 13.5. The highest BCUT2D eigenvalue weighted by atomic mass is 16.5. The largest absolute Gasteiger partial charge is 0.462 e. The van der Waals surface area contributed by atoms with Gasteiger partial charge in [0.2, 0.25) is 0 Å². The highest BCUT2D eigenvalue weighted by molar-refractivity contribution is 5.93. The zero-order valence-electron chi connectivity index (χ0n) is 9.65. The molecule has 1 saturated heterocycles. The number of carbonyl (C=O) groups excluding carboxylic acids is 1. The number of hydrogen-bond acceptors (Lipinski definition) is 5. The molecule has 0 bridgehead atoms. The van der Waals surface area contributed by atoms with E-state index in [1.807, 2.05) is 11.0 Å². The topological polar surface area (TPSA) is 62.6 Å². The van der Waals surface area contributed by atoms with Gasteiger partial charge in [0.05, 0.1) is 19.8 Å². The smallest absolute Gasteiger partial charge is 0.350 e. The third-order valence-corrected chi connectivity index (χ3v) is 2.44. The summed E-state index contributed by atoms with van der Waals surface area (Å²) in [5, 5.41) is 8.96. The maximum absolute atomic E-state index is 11.5. The van der Waals surface area contributed by atoms with E-state index in [9.17, 15) is 4.79 Å². The molecule has 0 unspecified atom stereocenters. The maximum atomic E-state index is 11.5. The van der Waals surface area contributed by atoms with E-state index in [2.05, 4.69) is 0 Å². The highest BCUT2D eigenvalue weighted by Gasteiger charge is 2.19. The van der Waals surface area contributed by atoms with Crippen LogP contribution in [-0.4, -0.2) is 43.8 Å². The average Bonchev–Trinajstić information content (AvgIpc) is 2.31. The molecule has 1 rings (SSSR count). The zero-order valence-corrected chi connectivity index (χ0v) is 9.65. The molecule has 0 N–H and O–H groups in total. The van der Waals surface area contributed by atoms with E-state index in [4.69, 9.17) is 14.7 Å². The van der Waals surface area contributed by atoms with Crippen LogP contribution in [0, 0.1) is 11.3 Å². The SMILES string of the molecule is CCOC(=O)/C(C#N)=C(/C)N1CCOCC1. The Hall–Kier alpha value is -1.54. The van der Waals surface area contributed by atoms with Crippen molar-refractivity contribution in [1.29, 1.82) is 5.26 Å². The number of carbonyl (C=O) groups is 1. The number of morpholine rings is 1. The molecule has 0 aromatic carbocycles. The van der Waals surface area contributed by atoms with Crippen LogP contribution in [0.3, 0.4) is 0 Å². The van der Waals surface area contributed by atoms with Crippen LogP contribution in [0.25, 0.3) is 0 Å². The number of nitrogens with zero attached hydrogens (tertiary/aromatic N) is 2. The van der Waals surface area contributed by atoms with Crippen LogP contribution in [-0.2, 0) is 14.3 Å². The van der Waals surface area contributed by atoms with Crippen molar-refractivity contribution in [1.82, 2.24) is 4.90 Å². The molecular weight excluding hydrogens is 208 g/mol. The van der Waals surface area contributed by atoms with Crippen LogP contribution in [0.15, 0.2) is 11.3 Å². The van der Waals surface area contributed by atoms with E-state index in [1.165, 1.54) is 0 Å².